The minimum atomic E-state index is -0.514. The van der Waals surface area contributed by atoms with Gasteiger partial charge < -0.3 is 4.74 Å². The minimum Gasteiger partial charge on any atom is -0.460 e. The average Bonchev–Trinajstić information content (AvgIpc) is 2.94. The van der Waals surface area contributed by atoms with E-state index in [1.807, 2.05) is 24.3 Å². The highest BCUT2D eigenvalue weighted by Gasteiger charge is 2.24. The number of carbonyl (C=O) groups excluding carboxylic acids is 2. The maximum Gasteiger partial charge on any atom is 0.306 e. The van der Waals surface area contributed by atoms with Crippen LogP contribution in [0.5, 0.6) is 0 Å². The predicted molar refractivity (Wildman–Crippen MR) is 83.3 cm³/mol. The molecule has 21 heavy (non-hydrogen) atoms. The number of nitrogens with zero attached hydrogens (tertiary/aromatic N) is 1. The molecule has 1 N–H and O–H groups in total. The third kappa shape index (κ3) is 4.43. The van der Waals surface area contributed by atoms with Crippen LogP contribution in [0.3, 0.4) is 0 Å². The van der Waals surface area contributed by atoms with Crippen molar-refractivity contribution >= 4 is 52.7 Å². The van der Waals surface area contributed by atoms with Crippen molar-refractivity contribution in [3.63, 3.8) is 0 Å². The number of esters is 1. The first-order valence-electron chi connectivity index (χ1n) is 6.32. The molecule has 0 fully saturated rings. The van der Waals surface area contributed by atoms with Crippen molar-refractivity contribution in [3.05, 3.63) is 24.3 Å². The lowest BCUT2D eigenvalue weighted by molar-refractivity contribution is -0.148. The molecule has 0 aliphatic carbocycles. The average molecular weight is 349 g/mol. The molecule has 0 atom stereocenters. The summed E-state index contributed by atoms with van der Waals surface area (Å²) < 4.78 is 6.44. The molecule has 1 aromatic carbocycles. The first-order chi connectivity index (χ1) is 10.1. The summed E-state index contributed by atoms with van der Waals surface area (Å²) in [4.78, 5) is 24.6. The maximum atomic E-state index is 12.0. The first kappa shape index (κ1) is 16.3. The largest absolute Gasteiger partial charge is 0.460 e. The molecule has 0 unspecified atom stereocenters. The Balaban J connectivity index is 1.77. The summed E-state index contributed by atoms with van der Waals surface area (Å²) in [5.41, 5.74) is 3.85. The number of para-hydroxylation sites is 1. The molecule has 1 aromatic rings. The SMILES string of the molecule is O=C(CCC(=O)N1Nc2ccccc2S1)OC(CCl)CCl. The summed E-state index contributed by atoms with van der Waals surface area (Å²) in [5, 5.41) is 0. The monoisotopic (exact) mass is 348 g/mol. The number of halogens is 2. The Labute approximate surface area is 137 Å². The van der Waals surface area contributed by atoms with E-state index in [-0.39, 0.29) is 30.5 Å². The number of rotatable bonds is 6. The van der Waals surface area contributed by atoms with Gasteiger partial charge in [-0.2, -0.15) is 4.41 Å². The van der Waals surface area contributed by atoms with Crippen molar-refractivity contribution in [2.24, 2.45) is 0 Å². The third-order valence-corrected chi connectivity index (χ3v) is 4.43. The third-order valence-electron chi connectivity index (χ3n) is 2.71. The van der Waals surface area contributed by atoms with Gasteiger partial charge in [0.25, 0.3) is 5.91 Å². The lowest BCUT2D eigenvalue weighted by Gasteiger charge is -2.15. The molecular formula is C13H14Cl2N2O3S. The standard InChI is InChI=1S/C13H14Cl2N2O3S/c14-7-9(8-15)20-13(19)6-5-12(18)17-16-10-3-1-2-4-11(10)21-17/h1-4,9,16H,5-8H2. The van der Waals surface area contributed by atoms with Gasteiger partial charge in [0.15, 0.2) is 0 Å². The predicted octanol–water partition coefficient (Wildman–Crippen LogP) is 3.03. The lowest BCUT2D eigenvalue weighted by atomic mass is 10.3. The molecule has 114 valence electrons. The first-order valence-corrected chi connectivity index (χ1v) is 8.16. The molecule has 1 aliphatic heterocycles. The molecule has 0 bridgehead atoms. The molecule has 0 radical (unpaired) electrons. The van der Waals surface area contributed by atoms with Gasteiger partial charge >= 0.3 is 5.97 Å². The second kappa shape index (κ2) is 7.77. The Morgan fingerprint density at radius 3 is 2.62 bits per heavy atom. The summed E-state index contributed by atoms with van der Waals surface area (Å²) in [6.45, 7) is 0. The molecule has 0 spiro atoms. The van der Waals surface area contributed by atoms with Crippen molar-refractivity contribution in [2.75, 3.05) is 17.2 Å². The van der Waals surface area contributed by atoms with Crippen LogP contribution < -0.4 is 5.43 Å². The fourth-order valence-corrected chi connectivity index (χ4v) is 2.98. The fraction of sp³-hybridized carbons (Fsp3) is 0.385. The highest BCUT2D eigenvalue weighted by Crippen LogP contribution is 2.37. The quantitative estimate of drug-likeness (QED) is 0.486. The molecule has 0 saturated heterocycles. The van der Waals surface area contributed by atoms with E-state index >= 15 is 0 Å². The number of hydrogen-bond donors (Lipinski definition) is 1. The van der Waals surface area contributed by atoms with Crippen LogP contribution in [0.4, 0.5) is 5.69 Å². The highest BCUT2D eigenvalue weighted by atomic mass is 35.5. The van der Waals surface area contributed by atoms with E-state index < -0.39 is 12.1 Å². The molecule has 2 rings (SSSR count). The van der Waals surface area contributed by atoms with Crippen LogP contribution in [0.25, 0.3) is 0 Å². The van der Waals surface area contributed by atoms with Crippen molar-refractivity contribution in [3.8, 4) is 0 Å². The van der Waals surface area contributed by atoms with Crippen molar-refractivity contribution in [2.45, 2.75) is 23.8 Å². The molecule has 1 amide bonds. The van der Waals surface area contributed by atoms with Gasteiger partial charge in [0.1, 0.15) is 6.10 Å². The molecule has 1 heterocycles. The van der Waals surface area contributed by atoms with Crippen LogP contribution in [0, 0.1) is 0 Å². The Morgan fingerprint density at radius 2 is 1.95 bits per heavy atom. The maximum absolute atomic E-state index is 12.0. The number of alkyl halides is 2. The second-order valence-corrected chi connectivity index (χ2v) is 5.91. The van der Waals surface area contributed by atoms with Gasteiger partial charge in [-0.1, -0.05) is 12.1 Å². The van der Waals surface area contributed by atoms with Crippen molar-refractivity contribution < 1.29 is 14.3 Å². The van der Waals surface area contributed by atoms with Crippen LogP contribution >= 0.6 is 35.1 Å². The molecule has 0 saturated carbocycles. The number of nitrogens with one attached hydrogen (secondary N) is 1. The van der Waals surface area contributed by atoms with Gasteiger partial charge in [0.05, 0.1) is 28.8 Å². The number of benzene rings is 1. The van der Waals surface area contributed by atoms with Crippen LogP contribution in [0.15, 0.2) is 29.2 Å². The van der Waals surface area contributed by atoms with E-state index in [2.05, 4.69) is 5.43 Å². The zero-order valence-electron chi connectivity index (χ0n) is 11.1. The number of carbonyl (C=O) groups is 2. The summed E-state index contributed by atoms with van der Waals surface area (Å²) in [6.07, 6.45) is -0.457. The molecular weight excluding hydrogens is 335 g/mol. The number of fused-ring (bicyclic) bond motifs is 1. The Bertz CT molecular complexity index is 501. The van der Waals surface area contributed by atoms with Gasteiger partial charge in [-0.3, -0.25) is 15.0 Å². The Kier molecular flexibility index (Phi) is 6.02. The molecule has 5 nitrogen and oxygen atoms in total. The van der Waals surface area contributed by atoms with Crippen LogP contribution in [-0.4, -0.2) is 34.2 Å². The number of anilines is 1. The zero-order chi connectivity index (χ0) is 15.2. The smallest absolute Gasteiger partial charge is 0.306 e. The number of hydrazine groups is 1. The zero-order valence-corrected chi connectivity index (χ0v) is 13.4. The number of hydrogen-bond acceptors (Lipinski definition) is 5. The van der Waals surface area contributed by atoms with Crippen molar-refractivity contribution in [1.82, 2.24) is 4.41 Å². The Morgan fingerprint density at radius 1 is 1.24 bits per heavy atom. The summed E-state index contributed by atoms with van der Waals surface area (Å²) in [7, 11) is 0. The van der Waals surface area contributed by atoms with Crippen molar-refractivity contribution in [1.29, 1.82) is 0 Å². The summed E-state index contributed by atoms with van der Waals surface area (Å²) in [6, 6.07) is 7.59. The van der Waals surface area contributed by atoms with Gasteiger partial charge in [-0.05, 0) is 12.1 Å². The van der Waals surface area contributed by atoms with Crippen LogP contribution in [0.1, 0.15) is 12.8 Å². The van der Waals surface area contributed by atoms with Gasteiger partial charge in [0, 0.05) is 18.4 Å². The van der Waals surface area contributed by atoms with Gasteiger partial charge in [-0.15, -0.1) is 23.2 Å². The lowest BCUT2D eigenvalue weighted by Crippen LogP contribution is -2.28. The second-order valence-electron chi connectivity index (χ2n) is 4.31. The van der Waals surface area contributed by atoms with E-state index in [1.165, 1.54) is 16.4 Å². The van der Waals surface area contributed by atoms with E-state index in [4.69, 9.17) is 27.9 Å². The van der Waals surface area contributed by atoms with E-state index in [1.54, 1.807) is 0 Å². The molecule has 0 aromatic heterocycles. The van der Waals surface area contributed by atoms with E-state index in [0.717, 1.165) is 10.6 Å². The number of ether oxygens (including phenoxy) is 1. The topological polar surface area (TPSA) is 58.6 Å². The minimum absolute atomic E-state index is 0.00179. The molecule has 8 heteroatoms. The van der Waals surface area contributed by atoms with Gasteiger partial charge in [0.2, 0.25) is 0 Å². The van der Waals surface area contributed by atoms with E-state index in [0.29, 0.717) is 0 Å². The summed E-state index contributed by atoms with van der Waals surface area (Å²) in [5.74, 6) is -0.387. The van der Waals surface area contributed by atoms with E-state index in [9.17, 15) is 9.59 Å². The van der Waals surface area contributed by atoms with Crippen LogP contribution in [-0.2, 0) is 14.3 Å². The van der Waals surface area contributed by atoms with Gasteiger partial charge in [-0.25, -0.2) is 0 Å². The fourth-order valence-electron chi connectivity index (χ4n) is 1.64. The van der Waals surface area contributed by atoms with Crippen LogP contribution in [0.2, 0.25) is 0 Å². The molecule has 1 aliphatic rings. The Hall–Kier alpha value is -1.11. The number of amides is 1. The highest BCUT2D eigenvalue weighted by molar-refractivity contribution is 7.98. The summed E-state index contributed by atoms with van der Waals surface area (Å²) >= 11 is 12.5. The normalized spacial score (nSPS) is 13.0.